The van der Waals surface area contributed by atoms with Crippen LogP contribution in [0.1, 0.15) is 36.6 Å². The maximum atomic E-state index is 11.8. The molecule has 0 saturated heterocycles. The van der Waals surface area contributed by atoms with E-state index in [4.69, 9.17) is 10.5 Å². The van der Waals surface area contributed by atoms with E-state index in [0.29, 0.717) is 11.0 Å². The van der Waals surface area contributed by atoms with Gasteiger partial charge in [-0.05, 0) is 38.2 Å². The van der Waals surface area contributed by atoms with E-state index >= 15 is 0 Å². The number of esters is 1. The molecule has 2 aromatic rings. The Hall–Kier alpha value is -1.67. The summed E-state index contributed by atoms with van der Waals surface area (Å²) in [5, 5.41) is 1.47. The summed E-state index contributed by atoms with van der Waals surface area (Å²) in [7, 11) is 0. The number of ether oxygens (including phenoxy) is 1. The number of carbonyl (C=O) groups excluding carboxylic acids is 2. The first kappa shape index (κ1) is 17.2. The number of anilines is 1. The number of nitrogens with two attached hydrogens (primary N) is 1. The molecule has 2 aromatic heterocycles. The van der Waals surface area contributed by atoms with E-state index in [9.17, 15) is 9.59 Å². The zero-order valence-electron chi connectivity index (χ0n) is 13.5. The summed E-state index contributed by atoms with van der Waals surface area (Å²) in [6.45, 7) is 1.99. The largest absolute Gasteiger partial charge is 0.466 e. The summed E-state index contributed by atoms with van der Waals surface area (Å²) < 4.78 is 4.77. The molecule has 6 nitrogen and oxygen atoms in total. The lowest BCUT2D eigenvalue weighted by atomic mass is 9.97. The van der Waals surface area contributed by atoms with Crippen LogP contribution in [0.4, 0.5) is 5.82 Å². The second-order valence-electron chi connectivity index (χ2n) is 5.59. The van der Waals surface area contributed by atoms with Crippen LogP contribution in [0, 0.1) is 0 Å². The summed E-state index contributed by atoms with van der Waals surface area (Å²) in [6, 6.07) is 0. The molecule has 0 bridgehead atoms. The van der Waals surface area contributed by atoms with E-state index in [1.165, 1.54) is 35.0 Å². The normalized spacial score (nSPS) is 13.7. The standard InChI is InChI=1S/C16H19N3O3S2/c1-2-22-12(21)7-9(20)8-23-16-18-14(17)13-10-5-3-4-6-11(10)24-15(13)19-16/h2-8H2,1H3,(H2,17,18,19). The number of thiophene rings is 1. The van der Waals surface area contributed by atoms with E-state index in [-0.39, 0.29) is 24.6 Å². The number of rotatable bonds is 6. The molecule has 1 aliphatic rings. The third kappa shape index (κ3) is 3.70. The van der Waals surface area contributed by atoms with Gasteiger partial charge in [-0.1, -0.05) is 11.8 Å². The summed E-state index contributed by atoms with van der Waals surface area (Å²) in [6.07, 6.45) is 4.28. The highest BCUT2D eigenvalue weighted by Gasteiger charge is 2.20. The fraction of sp³-hybridized carbons (Fsp3) is 0.500. The molecule has 0 spiro atoms. The van der Waals surface area contributed by atoms with Crippen LogP contribution in [0.5, 0.6) is 0 Å². The van der Waals surface area contributed by atoms with Crippen LogP contribution in [0.3, 0.4) is 0 Å². The highest BCUT2D eigenvalue weighted by molar-refractivity contribution is 7.99. The molecule has 2 N–H and O–H groups in total. The Morgan fingerprint density at radius 2 is 2.08 bits per heavy atom. The van der Waals surface area contributed by atoms with Crippen molar-refractivity contribution >= 4 is 50.9 Å². The average molecular weight is 365 g/mol. The van der Waals surface area contributed by atoms with E-state index in [2.05, 4.69) is 9.97 Å². The molecule has 2 heterocycles. The monoisotopic (exact) mass is 365 g/mol. The van der Waals surface area contributed by atoms with E-state index < -0.39 is 5.97 Å². The smallest absolute Gasteiger partial charge is 0.313 e. The van der Waals surface area contributed by atoms with Crippen molar-refractivity contribution in [1.29, 1.82) is 0 Å². The van der Waals surface area contributed by atoms with Gasteiger partial charge in [0.25, 0.3) is 0 Å². The number of carbonyl (C=O) groups is 2. The van der Waals surface area contributed by atoms with Gasteiger partial charge in [0.15, 0.2) is 10.9 Å². The van der Waals surface area contributed by atoms with Gasteiger partial charge in [0.2, 0.25) is 0 Å². The molecule has 128 valence electrons. The molecule has 0 aromatic carbocycles. The molecule has 0 saturated carbocycles. The zero-order chi connectivity index (χ0) is 17.1. The molecule has 1 aliphatic carbocycles. The SMILES string of the molecule is CCOC(=O)CC(=O)CSc1nc(N)c2c3c(sc2n1)CCCC3. The molecule has 0 fully saturated rings. The Morgan fingerprint density at radius 3 is 2.88 bits per heavy atom. The maximum absolute atomic E-state index is 11.8. The Labute approximate surface area is 148 Å². The van der Waals surface area contributed by atoms with Crippen LogP contribution >= 0.6 is 23.1 Å². The number of hydrogen-bond acceptors (Lipinski definition) is 8. The Balaban J connectivity index is 1.72. The first-order chi connectivity index (χ1) is 11.6. The number of nitrogens with zero attached hydrogens (tertiary/aromatic N) is 2. The van der Waals surface area contributed by atoms with E-state index in [1.807, 2.05) is 0 Å². The van der Waals surface area contributed by atoms with Crippen LogP contribution in [0.25, 0.3) is 10.2 Å². The Bertz CT molecular complexity index is 788. The first-order valence-electron chi connectivity index (χ1n) is 7.96. The van der Waals surface area contributed by atoms with Crippen LogP contribution in [-0.2, 0) is 27.2 Å². The first-order valence-corrected chi connectivity index (χ1v) is 9.76. The lowest BCUT2D eigenvalue weighted by Crippen LogP contribution is -2.13. The van der Waals surface area contributed by atoms with Crippen molar-refractivity contribution < 1.29 is 14.3 Å². The molecule has 0 unspecified atom stereocenters. The van der Waals surface area contributed by atoms with Crippen molar-refractivity contribution in [3.8, 4) is 0 Å². The van der Waals surface area contributed by atoms with Gasteiger partial charge in [0.05, 0.1) is 17.7 Å². The number of fused-ring (bicyclic) bond motifs is 3. The van der Waals surface area contributed by atoms with Gasteiger partial charge in [-0.2, -0.15) is 0 Å². The predicted octanol–water partition coefficient (Wildman–Crippen LogP) is 2.77. The van der Waals surface area contributed by atoms with Gasteiger partial charge in [0, 0.05) is 4.88 Å². The van der Waals surface area contributed by atoms with Crippen LogP contribution in [0.2, 0.25) is 0 Å². The molecule has 24 heavy (non-hydrogen) atoms. The van der Waals surface area contributed by atoms with Gasteiger partial charge < -0.3 is 10.5 Å². The number of thioether (sulfide) groups is 1. The highest BCUT2D eigenvalue weighted by Crippen LogP contribution is 2.38. The van der Waals surface area contributed by atoms with Gasteiger partial charge in [-0.25, -0.2) is 9.97 Å². The second-order valence-corrected chi connectivity index (χ2v) is 7.62. The van der Waals surface area contributed by atoms with Gasteiger partial charge >= 0.3 is 5.97 Å². The number of ketones is 1. The lowest BCUT2D eigenvalue weighted by Gasteiger charge is -2.10. The molecule has 0 amide bonds. The number of nitrogen functional groups attached to an aromatic ring is 1. The van der Waals surface area contributed by atoms with Crippen molar-refractivity contribution in [2.24, 2.45) is 0 Å². The molecule has 0 atom stereocenters. The summed E-state index contributed by atoms with van der Waals surface area (Å²) in [5.74, 6) is -0.0784. The highest BCUT2D eigenvalue weighted by atomic mass is 32.2. The van der Waals surface area contributed by atoms with Crippen molar-refractivity contribution in [1.82, 2.24) is 9.97 Å². The molecule has 8 heteroatoms. The maximum Gasteiger partial charge on any atom is 0.313 e. The fourth-order valence-electron chi connectivity index (χ4n) is 2.80. The van der Waals surface area contributed by atoms with Crippen LogP contribution in [-0.4, -0.2) is 34.1 Å². The Kier molecular flexibility index (Phi) is 5.35. The van der Waals surface area contributed by atoms with Gasteiger partial charge in [-0.15, -0.1) is 11.3 Å². The topological polar surface area (TPSA) is 95.2 Å². The summed E-state index contributed by atoms with van der Waals surface area (Å²) >= 11 is 2.89. The third-order valence-electron chi connectivity index (χ3n) is 3.83. The molecular formula is C16H19N3O3S2. The molecular weight excluding hydrogens is 346 g/mol. The van der Waals surface area contributed by atoms with E-state index in [0.717, 1.165) is 23.1 Å². The minimum atomic E-state index is -0.495. The second kappa shape index (κ2) is 7.48. The van der Waals surface area contributed by atoms with Crippen LogP contribution in [0.15, 0.2) is 5.16 Å². The third-order valence-corrected chi connectivity index (χ3v) is 5.92. The van der Waals surface area contributed by atoms with Crippen molar-refractivity contribution in [3.63, 3.8) is 0 Å². The van der Waals surface area contributed by atoms with Gasteiger partial charge in [0.1, 0.15) is 17.1 Å². The number of hydrogen-bond donors (Lipinski definition) is 1. The lowest BCUT2D eigenvalue weighted by molar-refractivity contribution is -0.145. The Morgan fingerprint density at radius 1 is 1.29 bits per heavy atom. The minimum Gasteiger partial charge on any atom is -0.466 e. The zero-order valence-corrected chi connectivity index (χ0v) is 15.1. The van der Waals surface area contributed by atoms with Crippen LogP contribution < -0.4 is 5.73 Å². The average Bonchev–Trinajstić information content (AvgIpc) is 2.92. The van der Waals surface area contributed by atoms with Gasteiger partial charge in [-0.3, -0.25) is 9.59 Å². The number of aromatic nitrogens is 2. The molecule has 0 aliphatic heterocycles. The number of Topliss-reactive ketones (excluding diaryl/α,β-unsaturated/α-hetero) is 1. The molecule has 0 radical (unpaired) electrons. The predicted molar refractivity (Wildman–Crippen MR) is 95.5 cm³/mol. The van der Waals surface area contributed by atoms with Crippen molar-refractivity contribution in [2.45, 2.75) is 44.2 Å². The quantitative estimate of drug-likeness (QED) is 0.364. The fourth-order valence-corrected chi connectivity index (χ4v) is 4.84. The van der Waals surface area contributed by atoms with E-state index in [1.54, 1.807) is 18.3 Å². The van der Waals surface area contributed by atoms with Crippen molar-refractivity contribution in [3.05, 3.63) is 10.4 Å². The minimum absolute atomic E-state index is 0.134. The summed E-state index contributed by atoms with van der Waals surface area (Å²) in [5.41, 5.74) is 7.44. The summed E-state index contributed by atoms with van der Waals surface area (Å²) in [4.78, 5) is 34.3. The number of aryl methyl sites for hydroxylation is 2. The molecule has 3 rings (SSSR count). The van der Waals surface area contributed by atoms with Crippen molar-refractivity contribution in [2.75, 3.05) is 18.1 Å².